The number of benzene rings is 1. The van der Waals surface area contributed by atoms with E-state index in [9.17, 15) is 14.4 Å². The number of carbonyl (C=O) groups is 3. The summed E-state index contributed by atoms with van der Waals surface area (Å²) in [4.78, 5) is 34.7. The Morgan fingerprint density at radius 1 is 1.05 bits per heavy atom. The highest BCUT2D eigenvalue weighted by Gasteiger charge is 2.23. The summed E-state index contributed by atoms with van der Waals surface area (Å²) in [6.45, 7) is 5.49. The lowest BCUT2D eigenvalue weighted by atomic mass is 10.0. The van der Waals surface area contributed by atoms with Crippen LogP contribution in [0.15, 0.2) is 24.3 Å². The summed E-state index contributed by atoms with van der Waals surface area (Å²) < 4.78 is 0. The summed E-state index contributed by atoms with van der Waals surface area (Å²) in [7, 11) is 1.71. The minimum Gasteiger partial charge on any atom is -0.343 e. The van der Waals surface area contributed by atoms with Crippen LogP contribution < -0.4 is 16.0 Å². The topological polar surface area (TPSA) is 87.3 Å². The van der Waals surface area contributed by atoms with Crippen LogP contribution in [0.25, 0.3) is 0 Å². The first-order valence-electron chi connectivity index (χ1n) is 7.22. The predicted molar refractivity (Wildman–Crippen MR) is 85.7 cm³/mol. The van der Waals surface area contributed by atoms with Crippen LogP contribution in [0.4, 0.5) is 5.69 Å². The van der Waals surface area contributed by atoms with E-state index in [0.29, 0.717) is 11.3 Å². The normalized spacial score (nSPS) is 13.3. The first kappa shape index (κ1) is 17.8. The number of rotatable bonds is 7. The number of anilines is 1. The van der Waals surface area contributed by atoms with E-state index in [1.807, 2.05) is 13.8 Å². The van der Waals surface area contributed by atoms with Crippen molar-refractivity contribution in [3.63, 3.8) is 0 Å². The minimum absolute atomic E-state index is 0.121. The van der Waals surface area contributed by atoms with Crippen molar-refractivity contribution in [2.45, 2.75) is 32.9 Å². The fourth-order valence-corrected chi connectivity index (χ4v) is 2.03. The molecule has 22 heavy (non-hydrogen) atoms. The molecule has 0 heterocycles. The Kier molecular flexibility index (Phi) is 6.72. The fourth-order valence-electron chi connectivity index (χ4n) is 2.03. The van der Waals surface area contributed by atoms with Crippen LogP contribution in [-0.2, 0) is 9.59 Å². The number of nitrogens with one attached hydrogen (secondary N) is 3. The molecule has 1 unspecified atom stereocenters. The maximum Gasteiger partial charge on any atom is 0.246 e. The van der Waals surface area contributed by atoms with Gasteiger partial charge < -0.3 is 16.0 Å². The summed E-state index contributed by atoms with van der Waals surface area (Å²) >= 11 is 0. The van der Waals surface area contributed by atoms with E-state index in [1.165, 1.54) is 0 Å². The summed E-state index contributed by atoms with van der Waals surface area (Å²) in [5.74, 6) is -0.404. The molecule has 6 nitrogen and oxygen atoms in total. The van der Waals surface area contributed by atoms with Crippen molar-refractivity contribution in [1.29, 1.82) is 0 Å². The maximum atomic E-state index is 12.1. The lowest BCUT2D eigenvalue weighted by Gasteiger charge is -2.22. The second-order valence-corrected chi connectivity index (χ2v) is 5.47. The molecule has 0 aliphatic heterocycles. The van der Waals surface area contributed by atoms with Crippen LogP contribution in [0.3, 0.4) is 0 Å². The van der Waals surface area contributed by atoms with Crippen LogP contribution in [0.1, 0.15) is 31.1 Å². The van der Waals surface area contributed by atoms with Gasteiger partial charge in [0, 0.05) is 11.3 Å². The number of amides is 2. The van der Waals surface area contributed by atoms with Gasteiger partial charge in [-0.25, -0.2) is 0 Å². The van der Waals surface area contributed by atoms with Crippen molar-refractivity contribution in [2.75, 3.05) is 12.4 Å². The quantitative estimate of drug-likeness (QED) is 0.660. The molecule has 1 aromatic rings. The monoisotopic (exact) mass is 305 g/mol. The van der Waals surface area contributed by atoms with Crippen molar-refractivity contribution in [1.82, 2.24) is 10.6 Å². The molecule has 0 aliphatic rings. The Bertz CT molecular complexity index is 526. The fraction of sp³-hybridized carbons (Fsp3) is 0.438. The average molecular weight is 305 g/mol. The first-order chi connectivity index (χ1) is 10.4. The molecule has 0 saturated carbocycles. The van der Waals surface area contributed by atoms with Crippen molar-refractivity contribution in [3.05, 3.63) is 29.8 Å². The van der Waals surface area contributed by atoms with Gasteiger partial charge in [0.1, 0.15) is 12.3 Å². The zero-order valence-electron chi connectivity index (χ0n) is 13.3. The minimum atomic E-state index is -0.659. The molecule has 2 atom stereocenters. The van der Waals surface area contributed by atoms with Crippen molar-refractivity contribution < 1.29 is 14.4 Å². The summed E-state index contributed by atoms with van der Waals surface area (Å²) in [5, 5.41) is 8.31. The molecule has 0 aliphatic carbocycles. The highest BCUT2D eigenvalue weighted by molar-refractivity contribution is 5.97. The van der Waals surface area contributed by atoms with E-state index in [0.717, 1.165) is 6.29 Å². The van der Waals surface area contributed by atoms with Gasteiger partial charge >= 0.3 is 0 Å². The Morgan fingerprint density at radius 3 is 2.09 bits per heavy atom. The largest absolute Gasteiger partial charge is 0.343 e. The van der Waals surface area contributed by atoms with Gasteiger partial charge in [-0.15, -0.1) is 0 Å². The number of hydrogen-bond acceptors (Lipinski definition) is 4. The van der Waals surface area contributed by atoms with Gasteiger partial charge in [-0.3, -0.25) is 14.4 Å². The SMILES string of the molecule is CNC(C(=O)N[C@@H](C)C(=O)Nc1ccc(C=O)cc1)C(C)C. The van der Waals surface area contributed by atoms with Gasteiger partial charge in [0.2, 0.25) is 11.8 Å². The molecule has 0 aromatic heterocycles. The molecule has 0 saturated heterocycles. The van der Waals surface area contributed by atoms with Gasteiger partial charge in [0.05, 0.1) is 6.04 Å². The summed E-state index contributed by atoms with van der Waals surface area (Å²) in [6, 6.07) is 5.50. The Balaban J connectivity index is 2.60. The molecule has 120 valence electrons. The second-order valence-electron chi connectivity index (χ2n) is 5.47. The lowest BCUT2D eigenvalue weighted by molar-refractivity contribution is -0.128. The smallest absolute Gasteiger partial charge is 0.246 e. The van der Waals surface area contributed by atoms with E-state index >= 15 is 0 Å². The lowest BCUT2D eigenvalue weighted by Crippen LogP contribution is -2.51. The summed E-state index contributed by atoms with van der Waals surface area (Å²) in [6.07, 6.45) is 0.734. The van der Waals surface area contributed by atoms with Crippen LogP contribution >= 0.6 is 0 Å². The molecule has 1 aromatic carbocycles. The first-order valence-corrected chi connectivity index (χ1v) is 7.22. The number of aldehydes is 1. The molecule has 1 rings (SSSR count). The van der Waals surface area contributed by atoms with Crippen LogP contribution in [0.2, 0.25) is 0 Å². The van der Waals surface area contributed by atoms with Crippen LogP contribution in [0.5, 0.6) is 0 Å². The third-order valence-electron chi connectivity index (χ3n) is 3.33. The van der Waals surface area contributed by atoms with Crippen LogP contribution in [0, 0.1) is 5.92 Å². The molecular weight excluding hydrogens is 282 g/mol. The third-order valence-corrected chi connectivity index (χ3v) is 3.33. The summed E-state index contributed by atoms with van der Waals surface area (Å²) in [5.41, 5.74) is 1.11. The zero-order chi connectivity index (χ0) is 16.7. The van der Waals surface area contributed by atoms with E-state index in [-0.39, 0.29) is 23.8 Å². The van der Waals surface area contributed by atoms with Crippen LogP contribution in [-0.4, -0.2) is 37.2 Å². The average Bonchev–Trinajstić information content (AvgIpc) is 2.48. The molecule has 2 amide bonds. The molecule has 0 spiro atoms. The van der Waals surface area contributed by atoms with E-state index in [1.54, 1.807) is 38.2 Å². The molecule has 3 N–H and O–H groups in total. The third kappa shape index (κ3) is 4.96. The van der Waals surface area contributed by atoms with Crippen molar-refractivity contribution in [3.8, 4) is 0 Å². The van der Waals surface area contributed by atoms with Crippen molar-refractivity contribution in [2.24, 2.45) is 5.92 Å². The second kappa shape index (κ2) is 8.29. The van der Waals surface area contributed by atoms with E-state index in [4.69, 9.17) is 0 Å². The highest BCUT2D eigenvalue weighted by Crippen LogP contribution is 2.09. The van der Waals surface area contributed by atoms with Gasteiger partial charge in [-0.1, -0.05) is 13.8 Å². The van der Waals surface area contributed by atoms with Crippen molar-refractivity contribution >= 4 is 23.8 Å². The Hall–Kier alpha value is -2.21. The van der Waals surface area contributed by atoms with E-state index < -0.39 is 6.04 Å². The Labute approximate surface area is 130 Å². The number of hydrogen-bond donors (Lipinski definition) is 3. The highest BCUT2D eigenvalue weighted by atomic mass is 16.2. The molecule has 0 radical (unpaired) electrons. The maximum absolute atomic E-state index is 12.1. The molecule has 0 fully saturated rings. The van der Waals surface area contributed by atoms with Gasteiger partial charge in [0.25, 0.3) is 0 Å². The number of likely N-dealkylation sites (N-methyl/N-ethyl adjacent to an activating group) is 1. The van der Waals surface area contributed by atoms with Gasteiger partial charge in [-0.2, -0.15) is 0 Å². The molecule has 0 bridgehead atoms. The number of carbonyl (C=O) groups excluding carboxylic acids is 3. The van der Waals surface area contributed by atoms with Gasteiger partial charge in [0.15, 0.2) is 0 Å². The van der Waals surface area contributed by atoms with Gasteiger partial charge in [-0.05, 0) is 44.2 Å². The standard InChI is InChI=1S/C16H23N3O3/c1-10(2)14(17-4)16(22)18-11(3)15(21)19-13-7-5-12(9-20)6-8-13/h5-11,14,17H,1-4H3,(H,18,22)(H,19,21)/t11-,14?/m0/s1. The Morgan fingerprint density at radius 2 is 1.64 bits per heavy atom. The zero-order valence-corrected chi connectivity index (χ0v) is 13.3. The molecular formula is C16H23N3O3. The van der Waals surface area contributed by atoms with E-state index in [2.05, 4.69) is 16.0 Å². The molecule has 6 heteroatoms. The predicted octanol–water partition coefficient (Wildman–Crippen LogP) is 1.19.